The van der Waals surface area contributed by atoms with E-state index < -0.39 is 0 Å². The van der Waals surface area contributed by atoms with Gasteiger partial charge in [-0.25, -0.2) is 4.98 Å². The van der Waals surface area contributed by atoms with Gasteiger partial charge in [-0.15, -0.1) is 0 Å². The van der Waals surface area contributed by atoms with E-state index in [-0.39, 0.29) is 10.6 Å². The summed E-state index contributed by atoms with van der Waals surface area (Å²) in [4.78, 5) is 17.4. The summed E-state index contributed by atoms with van der Waals surface area (Å²) in [5, 5.41) is 14.1. The van der Waals surface area contributed by atoms with Crippen molar-refractivity contribution in [3.8, 4) is 0 Å². The molecule has 1 saturated heterocycles. The average Bonchev–Trinajstić information content (AvgIpc) is 2.42. The lowest BCUT2D eigenvalue weighted by Gasteiger charge is -2.38. The van der Waals surface area contributed by atoms with Crippen molar-refractivity contribution in [2.75, 3.05) is 23.3 Å². The van der Waals surface area contributed by atoms with Crippen LogP contribution >= 0.6 is 0 Å². The predicted molar refractivity (Wildman–Crippen MR) is 80.3 cm³/mol. The van der Waals surface area contributed by atoms with Crippen molar-refractivity contribution in [3.63, 3.8) is 0 Å². The van der Waals surface area contributed by atoms with Crippen LogP contribution in [0.25, 0.3) is 0 Å². The Labute approximate surface area is 119 Å². The summed E-state index contributed by atoms with van der Waals surface area (Å²) in [6.45, 7) is 7.94. The fourth-order valence-electron chi connectivity index (χ4n) is 2.69. The van der Waals surface area contributed by atoms with Crippen molar-refractivity contribution in [2.24, 2.45) is 5.92 Å². The summed E-state index contributed by atoms with van der Waals surface area (Å²) in [6.07, 6.45) is 2.30. The van der Waals surface area contributed by atoms with Gasteiger partial charge in [0.1, 0.15) is 11.6 Å². The number of nitro groups is 1. The van der Waals surface area contributed by atoms with Gasteiger partial charge in [0, 0.05) is 19.1 Å². The van der Waals surface area contributed by atoms with E-state index in [1.54, 1.807) is 6.07 Å². The molecule has 0 bridgehead atoms. The van der Waals surface area contributed by atoms with Gasteiger partial charge in [0.2, 0.25) is 0 Å². The largest absolute Gasteiger partial charge is 0.370 e. The molecule has 0 spiro atoms. The Kier molecular flexibility index (Phi) is 4.42. The van der Waals surface area contributed by atoms with Crippen LogP contribution in [0.1, 0.15) is 33.6 Å². The fourth-order valence-corrected chi connectivity index (χ4v) is 2.69. The van der Waals surface area contributed by atoms with Crippen LogP contribution < -0.4 is 10.2 Å². The average molecular weight is 278 g/mol. The van der Waals surface area contributed by atoms with Gasteiger partial charge in [-0.2, -0.15) is 0 Å². The topological polar surface area (TPSA) is 71.3 Å². The van der Waals surface area contributed by atoms with Crippen LogP contribution in [0.3, 0.4) is 0 Å². The molecule has 0 saturated carbocycles. The number of piperidine rings is 1. The van der Waals surface area contributed by atoms with Gasteiger partial charge in [-0.05, 0) is 32.6 Å². The Morgan fingerprint density at radius 3 is 2.90 bits per heavy atom. The predicted octanol–water partition coefficient (Wildman–Crippen LogP) is 3.05. The minimum Gasteiger partial charge on any atom is -0.370 e. The highest BCUT2D eigenvalue weighted by Crippen LogP contribution is 2.30. The van der Waals surface area contributed by atoms with E-state index in [1.165, 1.54) is 12.5 Å². The molecule has 6 heteroatoms. The second kappa shape index (κ2) is 6.07. The van der Waals surface area contributed by atoms with Gasteiger partial charge in [-0.1, -0.05) is 6.92 Å². The zero-order valence-electron chi connectivity index (χ0n) is 12.3. The van der Waals surface area contributed by atoms with Crippen molar-refractivity contribution in [2.45, 2.75) is 39.7 Å². The molecule has 1 aliphatic rings. The summed E-state index contributed by atoms with van der Waals surface area (Å²) in [6, 6.07) is 3.42. The highest BCUT2D eigenvalue weighted by atomic mass is 16.6. The molecule has 0 aliphatic carbocycles. The van der Waals surface area contributed by atoms with E-state index in [4.69, 9.17) is 0 Å². The first-order chi connectivity index (χ1) is 9.52. The van der Waals surface area contributed by atoms with Gasteiger partial charge in [-0.3, -0.25) is 10.1 Å². The standard InChI is InChI=1S/C14H22N4O2/c1-4-15-13-8-12(18(19)20)9-14(16-13)17-7-5-6-10(2)11(17)3/h8-11H,4-7H2,1-3H3,(H,15,16). The zero-order chi connectivity index (χ0) is 14.7. The van der Waals surface area contributed by atoms with Crippen molar-refractivity contribution >= 4 is 17.3 Å². The molecule has 2 unspecified atom stereocenters. The highest BCUT2D eigenvalue weighted by Gasteiger charge is 2.27. The number of pyridine rings is 1. The quantitative estimate of drug-likeness (QED) is 0.677. The number of nitrogens with one attached hydrogen (secondary N) is 1. The van der Waals surface area contributed by atoms with Gasteiger partial charge in [0.05, 0.1) is 17.1 Å². The first-order valence-corrected chi connectivity index (χ1v) is 7.20. The fraction of sp³-hybridized carbons (Fsp3) is 0.643. The lowest BCUT2D eigenvalue weighted by Crippen LogP contribution is -2.43. The number of rotatable bonds is 4. The third kappa shape index (κ3) is 3.00. The summed E-state index contributed by atoms with van der Waals surface area (Å²) in [5.41, 5.74) is 0.0939. The molecule has 1 fully saturated rings. The SMILES string of the molecule is CCNc1cc([N+](=O)[O-])cc(N2CCCC(C)C2C)n1. The smallest absolute Gasteiger partial charge is 0.276 e. The highest BCUT2D eigenvalue weighted by molar-refractivity contribution is 5.56. The molecule has 20 heavy (non-hydrogen) atoms. The lowest BCUT2D eigenvalue weighted by atomic mass is 9.92. The van der Waals surface area contributed by atoms with Crippen LogP contribution in [0, 0.1) is 16.0 Å². The minimum atomic E-state index is -0.357. The van der Waals surface area contributed by atoms with Crippen molar-refractivity contribution < 1.29 is 4.92 Å². The molecular formula is C14H22N4O2. The number of aromatic nitrogens is 1. The number of hydrogen-bond acceptors (Lipinski definition) is 5. The molecule has 110 valence electrons. The van der Waals surface area contributed by atoms with Crippen molar-refractivity contribution in [1.29, 1.82) is 0 Å². The second-order valence-corrected chi connectivity index (χ2v) is 5.41. The maximum atomic E-state index is 11.1. The second-order valence-electron chi connectivity index (χ2n) is 5.41. The molecule has 2 atom stereocenters. The molecule has 1 aliphatic heterocycles. The first kappa shape index (κ1) is 14.6. The molecule has 0 amide bonds. The van der Waals surface area contributed by atoms with Gasteiger partial charge in [0.15, 0.2) is 0 Å². The van der Waals surface area contributed by atoms with Gasteiger partial charge >= 0.3 is 0 Å². The lowest BCUT2D eigenvalue weighted by molar-refractivity contribution is -0.384. The van der Waals surface area contributed by atoms with Crippen LogP contribution in [-0.4, -0.2) is 29.0 Å². The maximum absolute atomic E-state index is 11.1. The Bertz CT molecular complexity index is 492. The van der Waals surface area contributed by atoms with Crippen LogP contribution in [0.15, 0.2) is 12.1 Å². The Morgan fingerprint density at radius 2 is 2.25 bits per heavy atom. The molecule has 0 radical (unpaired) electrons. The first-order valence-electron chi connectivity index (χ1n) is 7.20. The molecule has 2 heterocycles. The van der Waals surface area contributed by atoms with Gasteiger partial charge < -0.3 is 10.2 Å². The molecule has 2 rings (SSSR count). The summed E-state index contributed by atoms with van der Waals surface area (Å²) >= 11 is 0. The molecule has 1 aromatic rings. The molecule has 0 aromatic carbocycles. The van der Waals surface area contributed by atoms with Crippen LogP contribution in [0.2, 0.25) is 0 Å². The normalized spacial score (nSPS) is 22.6. The minimum absolute atomic E-state index is 0.0939. The van der Waals surface area contributed by atoms with E-state index in [1.807, 2.05) is 6.92 Å². The summed E-state index contributed by atoms with van der Waals surface area (Å²) in [7, 11) is 0. The molecule has 6 nitrogen and oxygen atoms in total. The maximum Gasteiger partial charge on any atom is 0.276 e. The van der Waals surface area contributed by atoms with E-state index >= 15 is 0 Å². The third-order valence-corrected chi connectivity index (χ3v) is 4.03. The number of nitrogens with zero attached hydrogens (tertiary/aromatic N) is 3. The van der Waals surface area contributed by atoms with Crippen molar-refractivity contribution in [1.82, 2.24) is 4.98 Å². The number of hydrogen-bond donors (Lipinski definition) is 1. The van der Waals surface area contributed by atoms with Gasteiger partial charge in [0.25, 0.3) is 5.69 Å². The molecule has 1 N–H and O–H groups in total. The third-order valence-electron chi connectivity index (χ3n) is 4.03. The van der Waals surface area contributed by atoms with E-state index in [0.717, 1.165) is 13.0 Å². The Morgan fingerprint density at radius 1 is 1.50 bits per heavy atom. The zero-order valence-corrected chi connectivity index (χ0v) is 12.3. The van der Waals surface area contributed by atoms with Crippen LogP contribution in [0.4, 0.5) is 17.3 Å². The Hall–Kier alpha value is -1.85. The van der Waals surface area contributed by atoms with E-state index in [9.17, 15) is 10.1 Å². The summed E-state index contributed by atoms with van der Waals surface area (Å²) < 4.78 is 0. The van der Waals surface area contributed by atoms with Crippen molar-refractivity contribution in [3.05, 3.63) is 22.2 Å². The summed E-state index contributed by atoms with van der Waals surface area (Å²) in [5.74, 6) is 1.85. The number of anilines is 2. The monoisotopic (exact) mass is 278 g/mol. The van der Waals surface area contributed by atoms with Crippen LogP contribution in [-0.2, 0) is 0 Å². The van der Waals surface area contributed by atoms with Crippen LogP contribution in [0.5, 0.6) is 0 Å². The molecular weight excluding hydrogens is 256 g/mol. The Balaban J connectivity index is 2.36. The van der Waals surface area contributed by atoms with E-state index in [0.29, 0.717) is 30.1 Å². The molecule has 1 aromatic heterocycles. The van der Waals surface area contributed by atoms with E-state index in [2.05, 4.69) is 29.0 Å².